The van der Waals surface area contributed by atoms with Crippen molar-refractivity contribution in [1.82, 2.24) is 9.13 Å². The van der Waals surface area contributed by atoms with Crippen molar-refractivity contribution in [1.29, 1.82) is 10.5 Å². The molecule has 0 spiro atoms. The van der Waals surface area contributed by atoms with E-state index in [0.717, 1.165) is 88.4 Å². The van der Waals surface area contributed by atoms with Crippen LogP contribution in [0.2, 0.25) is 0 Å². The Morgan fingerprint density at radius 3 is 0.753 bits per heavy atom. The van der Waals surface area contributed by atoms with Crippen LogP contribution in [-0.2, 0) is 10.8 Å². The van der Waals surface area contributed by atoms with E-state index in [9.17, 15) is 10.5 Å². The summed E-state index contributed by atoms with van der Waals surface area (Å²) in [6.07, 6.45) is 0. The van der Waals surface area contributed by atoms with Crippen LogP contribution >= 0.6 is 0 Å². The van der Waals surface area contributed by atoms with E-state index in [1.807, 2.05) is 0 Å². The van der Waals surface area contributed by atoms with Crippen molar-refractivity contribution in [3.63, 3.8) is 0 Å². The van der Waals surface area contributed by atoms with Crippen molar-refractivity contribution in [2.24, 2.45) is 5.41 Å². The Morgan fingerprint density at radius 2 is 0.545 bits per heavy atom. The molecule has 378 valence electrons. The van der Waals surface area contributed by atoms with E-state index in [4.69, 9.17) is 0 Å². The first-order chi connectivity index (χ1) is 36.7. The van der Waals surface area contributed by atoms with Gasteiger partial charge in [-0.1, -0.05) is 139 Å². The smallest absolute Gasteiger partial charge is 0.103 e. The number of fused-ring (bicyclic) bond motifs is 7. The van der Waals surface area contributed by atoms with Crippen LogP contribution in [0.15, 0.2) is 146 Å². The maximum absolute atomic E-state index is 12.1. The minimum atomic E-state index is -0.501. The van der Waals surface area contributed by atoms with Crippen molar-refractivity contribution in [3.05, 3.63) is 212 Å². The number of nitriles is 2. The van der Waals surface area contributed by atoms with Gasteiger partial charge < -0.3 is 9.13 Å². The van der Waals surface area contributed by atoms with Crippen LogP contribution in [0.3, 0.4) is 0 Å². The minimum Gasteiger partial charge on any atom is -0.308 e. The van der Waals surface area contributed by atoms with Crippen molar-refractivity contribution in [2.75, 3.05) is 0 Å². The quantitative estimate of drug-likeness (QED) is 0.167. The lowest BCUT2D eigenvalue weighted by molar-refractivity contribution is 0.125. The molecule has 0 radical (unpaired) electrons. The average Bonchev–Trinajstić information content (AvgIpc) is 3.93. The first kappa shape index (κ1) is 49.4. The van der Waals surface area contributed by atoms with E-state index in [1.165, 1.54) is 66.8 Å². The highest BCUT2D eigenvalue weighted by Crippen LogP contribution is 2.66. The molecule has 0 atom stereocenters. The molecule has 1 aliphatic rings. The van der Waals surface area contributed by atoms with E-state index < -0.39 is 10.8 Å². The molecule has 4 heteroatoms. The largest absolute Gasteiger partial charge is 0.308 e. The topological polar surface area (TPSA) is 57.4 Å². The van der Waals surface area contributed by atoms with Crippen molar-refractivity contribution in [3.8, 4) is 68.0 Å². The van der Waals surface area contributed by atoms with Gasteiger partial charge in [0, 0.05) is 21.5 Å². The Bertz CT molecular complexity index is 3890. The van der Waals surface area contributed by atoms with Crippen molar-refractivity contribution in [2.45, 2.75) is 108 Å². The van der Waals surface area contributed by atoms with Gasteiger partial charge in [0.05, 0.1) is 44.6 Å². The molecule has 2 heterocycles. The summed E-state index contributed by atoms with van der Waals surface area (Å²) in [6.45, 7) is 31.8. The molecule has 0 fully saturated rings. The molecule has 0 N–H and O–H groups in total. The molecule has 1 aliphatic carbocycles. The number of aromatic nitrogens is 2. The number of benzene rings is 9. The Labute approximate surface area is 454 Å². The van der Waals surface area contributed by atoms with E-state index in [0.29, 0.717) is 11.1 Å². The fraction of sp³-hybridized carbons (Fsp3) is 0.233. The van der Waals surface area contributed by atoms with E-state index in [-0.39, 0.29) is 5.41 Å². The monoisotopic (exact) mass is 999 g/mol. The lowest BCUT2D eigenvalue weighted by atomic mass is 9.59. The Hall–Kier alpha value is -8.44. The number of hydrogen-bond donors (Lipinski definition) is 0. The third-order valence-corrected chi connectivity index (χ3v) is 19.1. The van der Waals surface area contributed by atoms with Crippen LogP contribution in [0, 0.1) is 83.5 Å². The molecule has 0 saturated carbocycles. The van der Waals surface area contributed by atoms with Crippen molar-refractivity contribution >= 4 is 43.6 Å². The highest BCUT2D eigenvalue weighted by atomic mass is 15.0. The van der Waals surface area contributed by atoms with Gasteiger partial charge in [-0.2, -0.15) is 10.5 Å². The molecule has 0 aliphatic heterocycles. The summed E-state index contributed by atoms with van der Waals surface area (Å²) >= 11 is 0. The van der Waals surface area contributed by atoms with Gasteiger partial charge in [-0.25, -0.2) is 0 Å². The minimum absolute atomic E-state index is 0.361. The van der Waals surface area contributed by atoms with Gasteiger partial charge in [0.25, 0.3) is 0 Å². The molecule has 0 saturated heterocycles. The zero-order chi connectivity index (χ0) is 54.4. The molecule has 4 nitrogen and oxygen atoms in total. The third kappa shape index (κ3) is 6.87. The molecule has 0 bridgehead atoms. The zero-order valence-electron chi connectivity index (χ0n) is 47.1. The van der Waals surface area contributed by atoms with Crippen LogP contribution < -0.4 is 0 Å². The Morgan fingerprint density at radius 1 is 0.325 bits per heavy atom. The van der Waals surface area contributed by atoms with Crippen LogP contribution in [0.5, 0.6) is 0 Å². The molecule has 9 aromatic carbocycles. The van der Waals surface area contributed by atoms with Crippen LogP contribution in [0.4, 0.5) is 0 Å². The zero-order valence-corrected chi connectivity index (χ0v) is 47.1. The Kier molecular flexibility index (Phi) is 11.1. The summed E-state index contributed by atoms with van der Waals surface area (Å²) in [7, 11) is 0. The fourth-order valence-corrected chi connectivity index (χ4v) is 14.2. The summed E-state index contributed by atoms with van der Waals surface area (Å²) in [5, 5.41) is 28.6. The van der Waals surface area contributed by atoms with E-state index in [2.05, 4.69) is 264 Å². The van der Waals surface area contributed by atoms with Crippen LogP contribution in [0.1, 0.15) is 108 Å². The molecule has 0 unspecified atom stereocenters. The number of nitrogens with zero attached hydrogens (tertiary/aromatic N) is 4. The molecular weight excluding hydrogens is 933 g/mol. The second kappa shape index (κ2) is 17.3. The number of aryl methyl sites for hydroxylation is 8. The van der Waals surface area contributed by atoms with Gasteiger partial charge in [-0.05, 0) is 220 Å². The number of hydrogen-bond acceptors (Lipinski definition) is 2. The molecule has 0 amide bonds. The molecule has 12 rings (SSSR count). The second-order valence-corrected chi connectivity index (χ2v) is 24.0. The standard InChI is InChI=1S/C73H66N4/c1-41-19-15-20-42(2)63(41)49-27-31-59-53(35-49)54-36-50(64-43(3)21-16-22-44(64)4)28-32-60(54)76(59)69-57(39-74)58(40-75)70(68-67(69)71(9,10)73(13,14)72(68,11)12)77-61-33-29-51(65-45(5)23-17-24-46(65)6)37-55(61)56-38-52(30-34-62(56)77)66-47(7)25-18-26-48(66)8/h15-38H,1-14H3. The predicted molar refractivity (Wildman–Crippen MR) is 324 cm³/mol. The molecule has 11 aromatic rings. The first-order valence-electron chi connectivity index (χ1n) is 27.2. The molecular formula is C73H66N4. The SMILES string of the molecule is Cc1cccc(C)c1-c1ccc2c(c1)c1cc(-c3c(C)cccc3C)ccc1n2-c1c(C#N)c(C#N)c(-n2c3ccc(-c4c(C)cccc4C)cc3c3cc(-c4c(C)cccc4C)ccc32)c2c1C(C)(C)C(C)(C)C2(C)C. The summed E-state index contributed by atoms with van der Waals surface area (Å²) in [5.41, 5.74) is 26.5. The third-order valence-electron chi connectivity index (χ3n) is 19.1. The van der Waals surface area contributed by atoms with Gasteiger partial charge >= 0.3 is 0 Å². The maximum atomic E-state index is 12.1. The second-order valence-electron chi connectivity index (χ2n) is 24.0. The van der Waals surface area contributed by atoms with Crippen LogP contribution in [0.25, 0.3) is 99.5 Å². The van der Waals surface area contributed by atoms with Gasteiger partial charge in [0.1, 0.15) is 12.1 Å². The van der Waals surface area contributed by atoms with Gasteiger partial charge in [-0.15, -0.1) is 0 Å². The van der Waals surface area contributed by atoms with Crippen molar-refractivity contribution < 1.29 is 0 Å². The average molecular weight is 999 g/mol. The lowest BCUT2D eigenvalue weighted by Crippen LogP contribution is -2.42. The molecule has 77 heavy (non-hydrogen) atoms. The highest BCUT2D eigenvalue weighted by molar-refractivity contribution is 6.14. The maximum Gasteiger partial charge on any atom is 0.103 e. The summed E-state index contributed by atoms with van der Waals surface area (Å²) in [5.74, 6) is 0. The normalized spacial score (nSPS) is 14.4. The van der Waals surface area contributed by atoms with Crippen LogP contribution in [-0.4, -0.2) is 9.13 Å². The summed E-state index contributed by atoms with van der Waals surface area (Å²) < 4.78 is 4.71. The highest BCUT2D eigenvalue weighted by Gasteiger charge is 2.60. The lowest BCUT2D eigenvalue weighted by Gasteiger charge is -2.45. The number of rotatable bonds is 6. The Balaban J connectivity index is 1.25. The van der Waals surface area contributed by atoms with Gasteiger partial charge in [0.2, 0.25) is 0 Å². The summed E-state index contributed by atoms with van der Waals surface area (Å²) in [6, 6.07) is 59.1. The van der Waals surface area contributed by atoms with E-state index >= 15 is 0 Å². The predicted octanol–water partition coefficient (Wildman–Crippen LogP) is 19.4. The molecule has 2 aromatic heterocycles. The fourth-order valence-electron chi connectivity index (χ4n) is 14.2. The van der Waals surface area contributed by atoms with E-state index in [1.54, 1.807) is 0 Å². The first-order valence-corrected chi connectivity index (χ1v) is 27.2. The summed E-state index contributed by atoms with van der Waals surface area (Å²) in [4.78, 5) is 0. The van der Waals surface area contributed by atoms with Gasteiger partial charge in [0.15, 0.2) is 0 Å². The van der Waals surface area contributed by atoms with Gasteiger partial charge in [-0.3, -0.25) is 0 Å².